The van der Waals surface area contributed by atoms with Crippen molar-refractivity contribution < 1.29 is 13.9 Å². The summed E-state index contributed by atoms with van der Waals surface area (Å²) in [5, 5.41) is 0. The molecule has 15 heavy (non-hydrogen) atoms. The van der Waals surface area contributed by atoms with Gasteiger partial charge in [-0.25, -0.2) is 0 Å². The third-order valence-corrected chi connectivity index (χ3v) is 2.82. The van der Waals surface area contributed by atoms with E-state index in [9.17, 15) is 4.79 Å². The summed E-state index contributed by atoms with van der Waals surface area (Å²) < 4.78 is 9.94. The van der Waals surface area contributed by atoms with Crippen molar-refractivity contribution >= 4 is 17.7 Å². The summed E-state index contributed by atoms with van der Waals surface area (Å²) in [6.45, 7) is 0.423. The lowest BCUT2D eigenvalue weighted by molar-refractivity contribution is -0.140. The zero-order chi connectivity index (χ0) is 11.1. The van der Waals surface area contributed by atoms with Gasteiger partial charge in [0, 0.05) is 5.75 Å². The number of nitrogens with two attached hydrogens (primary N) is 1. The van der Waals surface area contributed by atoms with Crippen molar-refractivity contribution in [1.82, 2.24) is 0 Å². The Morgan fingerprint density at radius 3 is 2.87 bits per heavy atom. The Kier molecular flexibility index (Phi) is 5.28. The van der Waals surface area contributed by atoms with Crippen molar-refractivity contribution in [2.75, 3.05) is 12.9 Å². The number of methoxy groups -OCH3 is 1. The van der Waals surface area contributed by atoms with Crippen LogP contribution in [0.4, 0.5) is 0 Å². The standard InChI is InChI=1S/C10H15NO3S/c1-13-10(12)4-5-15-7-9-3-2-8(6-11)14-9/h2-3H,4-7,11H2,1H3. The molecular formula is C10H15NO3S. The first kappa shape index (κ1) is 12.1. The molecule has 1 aromatic heterocycles. The predicted molar refractivity (Wildman–Crippen MR) is 59.4 cm³/mol. The van der Waals surface area contributed by atoms with Gasteiger partial charge in [-0.3, -0.25) is 4.79 Å². The monoisotopic (exact) mass is 229 g/mol. The lowest BCUT2D eigenvalue weighted by Gasteiger charge is -1.98. The molecule has 4 nitrogen and oxygen atoms in total. The first-order valence-electron chi connectivity index (χ1n) is 4.68. The topological polar surface area (TPSA) is 65.5 Å². The Hall–Kier alpha value is -0.940. The molecule has 0 saturated carbocycles. The summed E-state index contributed by atoms with van der Waals surface area (Å²) in [4.78, 5) is 10.8. The van der Waals surface area contributed by atoms with Crippen LogP contribution in [0.2, 0.25) is 0 Å². The Bertz CT molecular complexity index is 311. The number of thioether (sulfide) groups is 1. The molecule has 1 heterocycles. The summed E-state index contributed by atoms with van der Waals surface area (Å²) in [7, 11) is 1.40. The number of carbonyl (C=O) groups is 1. The number of esters is 1. The number of furan rings is 1. The highest BCUT2D eigenvalue weighted by atomic mass is 32.2. The summed E-state index contributed by atoms with van der Waals surface area (Å²) in [6.07, 6.45) is 0.436. The second-order valence-corrected chi connectivity index (χ2v) is 4.06. The van der Waals surface area contributed by atoms with Gasteiger partial charge >= 0.3 is 5.97 Å². The average Bonchev–Trinajstić information content (AvgIpc) is 2.72. The average molecular weight is 229 g/mol. The van der Waals surface area contributed by atoms with Crippen molar-refractivity contribution in [3.63, 3.8) is 0 Å². The van der Waals surface area contributed by atoms with Crippen molar-refractivity contribution in [2.45, 2.75) is 18.7 Å². The zero-order valence-corrected chi connectivity index (χ0v) is 9.51. The Morgan fingerprint density at radius 1 is 1.53 bits per heavy atom. The molecule has 5 heteroatoms. The highest BCUT2D eigenvalue weighted by molar-refractivity contribution is 7.98. The number of hydrogen-bond acceptors (Lipinski definition) is 5. The quantitative estimate of drug-likeness (QED) is 0.592. The number of ether oxygens (including phenoxy) is 1. The van der Waals surface area contributed by atoms with Crippen LogP contribution in [0.1, 0.15) is 17.9 Å². The maximum Gasteiger partial charge on any atom is 0.306 e. The molecule has 1 aromatic rings. The van der Waals surface area contributed by atoms with Gasteiger partial charge in [0.25, 0.3) is 0 Å². The minimum absolute atomic E-state index is 0.176. The van der Waals surface area contributed by atoms with Gasteiger partial charge in [-0.05, 0) is 12.1 Å². The highest BCUT2D eigenvalue weighted by Crippen LogP contribution is 2.15. The molecule has 2 N–H and O–H groups in total. The molecule has 0 radical (unpaired) electrons. The molecule has 1 rings (SSSR count). The van der Waals surface area contributed by atoms with E-state index in [1.54, 1.807) is 11.8 Å². The number of hydrogen-bond donors (Lipinski definition) is 1. The second-order valence-electron chi connectivity index (χ2n) is 2.95. The van der Waals surface area contributed by atoms with E-state index in [4.69, 9.17) is 10.2 Å². The third kappa shape index (κ3) is 4.40. The van der Waals surface area contributed by atoms with Crippen molar-refractivity contribution in [2.24, 2.45) is 5.73 Å². The molecule has 0 atom stereocenters. The second kappa shape index (κ2) is 6.53. The van der Waals surface area contributed by atoms with Crippen molar-refractivity contribution in [1.29, 1.82) is 0 Å². The molecule has 0 aliphatic carbocycles. The Balaban J connectivity index is 2.17. The minimum atomic E-state index is -0.176. The van der Waals surface area contributed by atoms with Crippen molar-refractivity contribution in [3.8, 4) is 0 Å². The number of carbonyl (C=O) groups excluding carboxylic acids is 1. The molecule has 0 aliphatic heterocycles. The van der Waals surface area contributed by atoms with Crippen LogP contribution in [0.5, 0.6) is 0 Å². The minimum Gasteiger partial charge on any atom is -0.469 e. The Morgan fingerprint density at radius 2 is 2.27 bits per heavy atom. The van der Waals surface area contributed by atoms with E-state index in [-0.39, 0.29) is 5.97 Å². The highest BCUT2D eigenvalue weighted by Gasteiger charge is 2.03. The van der Waals surface area contributed by atoms with Gasteiger partial charge < -0.3 is 14.9 Å². The first-order valence-corrected chi connectivity index (χ1v) is 5.84. The molecule has 0 aromatic carbocycles. The first-order chi connectivity index (χ1) is 7.26. The molecular weight excluding hydrogens is 214 g/mol. The molecule has 0 unspecified atom stereocenters. The van der Waals surface area contributed by atoms with E-state index in [0.717, 1.165) is 23.0 Å². The SMILES string of the molecule is COC(=O)CCSCc1ccc(CN)o1. The van der Waals surface area contributed by atoms with Crippen LogP contribution in [0.25, 0.3) is 0 Å². The summed E-state index contributed by atoms with van der Waals surface area (Å²) in [6, 6.07) is 3.78. The predicted octanol–water partition coefficient (Wildman–Crippen LogP) is 1.53. The molecule has 0 aliphatic rings. The zero-order valence-electron chi connectivity index (χ0n) is 8.69. The maximum atomic E-state index is 10.8. The van der Waals surface area contributed by atoms with Crippen LogP contribution in [-0.4, -0.2) is 18.8 Å². The molecule has 0 bridgehead atoms. The molecule has 0 spiro atoms. The molecule has 84 valence electrons. The fourth-order valence-corrected chi connectivity index (χ4v) is 1.85. The lowest BCUT2D eigenvalue weighted by Crippen LogP contribution is -2.01. The Labute approximate surface area is 93.2 Å². The van der Waals surface area contributed by atoms with Crippen LogP contribution < -0.4 is 5.73 Å². The fourth-order valence-electron chi connectivity index (χ4n) is 1.04. The van der Waals surface area contributed by atoms with Gasteiger partial charge in [0.1, 0.15) is 11.5 Å². The summed E-state index contributed by atoms with van der Waals surface area (Å²) in [5.74, 6) is 3.01. The smallest absolute Gasteiger partial charge is 0.306 e. The van der Waals surface area contributed by atoms with Gasteiger partial charge in [-0.2, -0.15) is 11.8 Å². The van der Waals surface area contributed by atoms with Gasteiger partial charge in [0.15, 0.2) is 0 Å². The van der Waals surface area contributed by atoms with Crippen LogP contribution in [-0.2, 0) is 21.8 Å². The van der Waals surface area contributed by atoms with Crippen LogP contribution in [0.15, 0.2) is 16.5 Å². The van der Waals surface area contributed by atoms with E-state index in [2.05, 4.69) is 4.74 Å². The normalized spacial score (nSPS) is 10.3. The van der Waals surface area contributed by atoms with Gasteiger partial charge in [-0.1, -0.05) is 0 Å². The number of rotatable bonds is 6. The van der Waals surface area contributed by atoms with E-state index in [0.29, 0.717) is 13.0 Å². The van der Waals surface area contributed by atoms with Crippen LogP contribution in [0.3, 0.4) is 0 Å². The fraction of sp³-hybridized carbons (Fsp3) is 0.500. The largest absolute Gasteiger partial charge is 0.469 e. The van der Waals surface area contributed by atoms with E-state index < -0.39 is 0 Å². The maximum absolute atomic E-state index is 10.8. The summed E-state index contributed by atoms with van der Waals surface area (Å²) in [5.41, 5.74) is 5.41. The van der Waals surface area contributed by atoms with E-state index in [1.807, 2.05) is 12.1 Å². The van der Waals surface area contributed by atoms with Gasteiger partial charge in [0.2, 0.25) is 0 Å². The van der Waals surface area contributed by atoms with Gasteiger partial charge in [-0.15, -0.1) is 0 Å². The molecule has 0 amide bonds. The third-order valence-electron chi connectivity index (χ3n) is 1.84. The van der Waals surface area contributed by atoms with Crippen molar-refractivity contribution in [3.05, 3.63) is 23.7 Å². The summed E-state index contributed by atoms with van der Waals surface area (Å²) >= 11 is 1.64. The van der Waals surface area contributed by atoms with Crippen LogP contribution >= 0.6 is 11.8 Å². The molecule has 0 fully saturated rings. The lowest BCUT2D eigenvalue weighted by atomic mass is 10.4. The van der Waals surface area contributed by atoms with Gasteiger partial charge in [0.05, 0.1) is 25.8 Å². The van der Waals surface area contributed by atoms with E-state index in [1.165, 1.54) is 7.11 Å². The molecule has 0 saturated heterocycles. The van der Waals surface area contributed by atoms with Crippen LogP contribution in [0, 0.1) is 0 Å². The van der Waals surface area contributed by atoms with E-state index >= 15 is 0 Å².